The number of halogens is 2. The molecule has 0 amide bonds. The van der Waals surface area contributed by atoms with Crippen LogP contribution in [0.4, 0.5) is 31.8 Å². The van der Waals surface area contributed by atoms with Gasteiger partial charge >= 0.3 is 0 Å². The minimum Gasteiger partial charge on any atom is -0.338 e. The smallest absolute Gasteiger partial charge is 0.168 e. The van der Waals surface area contributed by atoms with Gasteiger partial charge in [0.15, 0.2) is 11.6 Å². The monoisotopic (exact) mass is 387 g/mol. The van der Waals surface area contributed by atoms with Crippen LogP contribution in [0.3, 0.4) is 0 Å². The summed E-state index contributed by atoms with van der Waals surface area (Å²) >= 11 is 0. The van der Waals surface area contributed by atoms with Crippen LogP contribution in [0.15, 0.2) is 54.6 Å². The number of aromatic nitrogens is 1. The van der Waals surface area contributed by atoms with E-state index in [0.717, 1.165) is 0 Å². The van der Waals surface area contributed by atoms with Gasteiger partial charge in [-0.3, -0.25) is 0 Å². The van der Waals surface area contributed by atoms with Gasteiger partial charge in [-0.1, -0.05) is 0 Å². The van der Waals surface area contributed by atoms with Crippen LogP contribution in [0.2, 0.25) is 0 Å². The van der Waals surface area contributed by atoms with Gasteiger partial charge in [-0.2, -0.15) is 10.5 Å². The Morgan fingerprint density at radius 3 is 2.38 bits per heavy atom. The van der Waals surface area contributed by atoms with Crippen LogP contribution >= 0.6 is 0 Å². The average molecular weight is 387 g/mol. The number of rotatable bonds is 5. The van der Waals surface area contributed by atoms with Crippen molar-refractivity contribution in [2.45, 2.75) is 6.92 Å². The molecule has 0 bridgehead atoms. The molecule has 2 N–H and O–H groups in total. The summed E-state index contributed by atoms with van der Waals surface area (Å²) < 4.78 is 28.7. The third kappa shape index (κ3) is 4.74. The highest BCUT2D eigenvalue weighted by Gasteiger charge is 2.11. The Bertz CT molecular complexity index is 1130. The van der Waals surface area contributed by atoms with E-state index in [9.17, 15) is 8.78 Å². The first-order valence-corrected chi connectivity index (χ1v) is 8.57. The summed E-state index contributed by atoms with van der Waals surface area (Å²) in [6.07, 6.45) is 2.78. The molecule has 7 heteroatoms. The Hall–Kier alpha value is -4.23. The second-order valence-corrected chi connectivity index (χ2v) is 6.12. The summed E-state index contributed by atoms with van der Waals surface area (Å²) in [4.78, 5) is 4.17. The van der Waals surface area contributed by atoms with Crippen molar-refractivity contribution in [2.24, 2.45) is 0 Å². The Labute approximate surface area is 166 Å². The Balaban J connectivity index is 1.85. The first-order valence-electron chi connectivity index (χ1n) is 8.57. The number of pyridine rings is 1. The van der Waals surface area contributed by atoms with Gasteiger partial charge in [0.25, 0.3) is 0 Å². The molecule has 2 aromatic carbocycles. The third-order valence-electron chi connectivity index (χ3n) is 4.04. The van der Waals surface area contributed by atoms with E-state index in [2.05, 4.69) is 15.6 Å². The fraction of sp³-hybridized carbons (Fsp3) is 0.0455. The maximum absolute atomic E-state index is 14.5. The largest absolute Gasteiger partial charge is 0.338 e. The lowest BCUT2D eigenvalue weighted by molar-refractivity contribution is 0.626. The van der Waals surface area contributed by atoms with Crippen LogP contribution in [0.1, 0.15) is 16.7 Å². The van der Waals surface area contributed by atoms with Crippen molar-refractivity contribution in [3.63, 3.8) is 0 Å². The van der Waals surface area contributed by atoms with E-state index in [-0.39, 0.29) is 17.3 Å². The summed E-state index contributed by atoms with van der Waals surface area (Å²) in [5, 5.41) is 23.2. The molecular formula is C22H15F2N5. The number of nitriles is 2. The van der Waals surface area contributed by atoms with Gasteiger partial charge in [-0.15, -0.1) is 0 Å². The molecule has 0 unspecified atom stereocenters. The van der Waals surface area contributed by atoms with E-state index in [4.69, 9.17) is 10.5 Å². The van der Waals surface area contributed by atoms with Crippen molar-refractivity contribution in [3.8, 4) is 12.1 Å². The summed E-state index contributed by atoms with van der Waals surface area (Å²) in [5.41, 5.74) is 2.42. The zero-order valence-electron chi connectivity index (χ0n) is 15.4. The first-order chi connectivity index (χ1) is 14.0. The summed E-state index contributed by atoms with van der Waals surface area (Å²) in [5.74, 6) is -0.874. The molecule has 142 valence electrons. The molecular weight excluding hydrogens is 372 g/mol. The summed E-state index contributed by atoms with van der Waals surface area (Å²) in [6.45, 7) is 1.72. The number of aryl methyl sites for hydroxylation is 1. The van der Waals surface area contributed by atoms with Crippen molar-refractivity contribution < 1.29 is 8.78 Å². The summed E-state index contributed by atoms with van der Waals surface area (Å²) in [7, 11) is 0. The zero-order chi connectivity index (χ0) is 20.8. The van der Waals surface area contributed by atoms with E-state index in [1.54, 1.807) is 37.3 Å². The topological polar surface area (TPSA) is 84.5 Å². The minimum atomic E-state index is -0.575. The maximum Gasteiger partial charge on any atom is 0.168 e. The lowest BCUT2D eigenvalue weighted by Crippen LogP contribution is -2.03. The lowest BCUT2D eigenvalue weighted by Gasteiger charge is -2.13. The molecule has 0 aliphatic rings. The second kappa shape index (κ2) is 8.64. The molecule has 0 spiro atoms. The molecule has 3 aromatic rings. The second-order valence-electron chi connectivity index (χ2n) is 6.12. The maximum atomic E-state index is 14.5. The van der Waals surface area contributed by atoms with Crippen molar-refractivity contribution in [1.29, 1.82) is 10.5 Å². The predicted octanol–water partition coefficient (Wildman–Crippen LogP) is 5.56. The molecule has 1 aromatic heterocycles. The normalized spacial score (nSPS) is 10.4. The number of hydrogen-bond acceptors (Lipinski definition) is 5. The highest BCUT2D eigenvalue weighted by molar-refractivity contribution is 5.67. The zero-order valence-corrected chi connectivity index (χ0v) is 15.4. The highest BCUT2D eigenvalue weighted by Crippen LogP contribution is 2.27. The number of nitrogens with one attached hydrogen (secondary N) is 2. The molecule has 0 aliphatic carbocycles. The number of benzene rings is 2. The van der Waals surface area contributed by atoms with E-state index >= 15 is 0 Å². The van der Waals surface area contributed by atoms with Crippen molar-refractivity contribution in [1.82, 2.24) is 4.98 Å². The van der Waals surface area contributed by atoms with Crippen molar-refractivity contribution in [2.75, 3.05) is 10.6 Å². The Morgan fingerprint density at radius 1 is 0.966 bits per heavy atom. The van der Waals surface area contributed by atoms with Gasteiger partial charge in [-0.05, 0) is 72.7 Å². The molecule has 0 radical (unpaired) electrons. The van der Waals surface area contributed by atoms with Crippen LogP contribution in [0, 0.1) is 41.2 Å². The molecule has 29 heavy (non-hydrogen) atoms. The molecule has 3 rings (SSSR count). The molecule has 0 saturated heterocycles. The molecule has 0 fully saturated rings. The van der Waals surface area contributed by atoms with Crippen LogP contribution in [-0.4, -0.2) is 4.98 Å². The van der Waals surface area contributed by atoms with Gasteiger partial charge in [0.1, 0.15) is 11.6 Å². The Morgan fingerprint density at radius 2 is 1.72 bits per heavy atom. The van der Waals surface area contributed by atoms with Gasteiger partial charge in [-0.25, -0.2) is 13.8 Å². The third-order valence-corrected chi connectivity index (χ3v) is 4.04. The van der Waals surface area contributed by atoms with Gasteiger partial charge in [0, 0.05) is 11.8 Å². The van der Waals surface area contributed by atoms with Crippen molar-refractivity contribution in [3.05, 3.63) is 82.9 Å². The number of allylic oxidation sites excluding steroid dienone is 1. The minimum absolute atomic E-state index is 0.0358. The molecule has 0 saturated carbocycles. The van der Waals surface area contributed by atoms with E-state index < -0.39 is 11.6 Å². The van der Waals surface area contributed by atoms with Gasteiger partial charge in [0.05, 0.1) is 23.4 Å². The van der Waals surface area contributed by atoms with Crippen molar-refractivity contribution >= 4 is 29.1 Å². The molecule has 0 atom stereocenters. The SMILES string of the molecule is Cc1cc(/C=C/C#N)cc(F)c1Nc1ccc(F)c(Nc2ccc(C#N)cc2)n1. The fourth-order valence-corrected chi connectivity index (χ4v) is 2.65. The predicted molar refractivity (Wildman–Crippen MR) is 108 cm³/mol. The average Bonchev–Trinajstić information content (AvgIpc) is 2.72. The summed E-state index contributed by atoms with van der Waals surface area (Å²) in [6, 6.07) is 16.0. The first kappa shape index (κ1) is 19.5. The van der Waals surface area contributed by atoms with E-state index in [1.807, 2.05) is 12.1 Å². The molecule has 0 aliphatic heterocycles. The number of nitrogens with zero attached hydrogens (tertiary/aromatic N) is 3. The lowest BCUT2D eigenvalue weighted by atomic mass is 10.1. The highest BCUT2D eigenvalue weighted by atomic mass is 19.1. The number of anilines is 4. The quantitative estimate of drug-likeness (QED) is 0.560. The van der Waals surface area contributed by atoms with Crippen LogP contribution in [0.5, 0.6) is 0 Å². The standard InChI is InChI=1S/C22H15F2N5/c1-14-11-16(3-2-10-25)12-19(24)21(14)28-20-9-8-18(23)22(29-20)27-17-6-4-15(13-26)5-7-17/h2-9,11-12H,1H3,(H2,27,28,29)/b3-2+. The number of hydrogen-bond donors (Lipinski definition) is 2. The van der Waals surface area contributed by atoms with Gasteiger partial charge in [0.2, 0.25) is 0 Å². The fourth-order valence-electron chi connectivity index (χ4n) is 2.65. The Kier molecular flexibility index (Phi) is 5.82. The van der Waals surface area contributed by atoms with E-state index in [0.29, 0.717) is 22.4 Å². The molecule has 1 heterocycles. The van der Waals surface area contributed by atoms with Crippen LogP contribution in [-0.2, 0) is 0 Å². The van der Waals surface area contributed by atoms with E-state index in [1.165, 1.54) is 30.4 Å². The van der Waals surface area contributed by atoms with Crippen LogP contribution in [0.25, 0.3) is 6.08 Å². The molecule has 5 nitrogen and oxygen atoms in total. The van der Waals surface area contributed by atoms with Crippen LogP contribution < -0.4 is 10.6 Å². The van der Waals surface area contributed by atoms with Gasteiger partial charge < -0.3 is 10.6 Å².